The molecular weight excluding hydrogens is 222 g/mol. The third-order valence-electron chi connectivity index (χ3n) is 0.924. The van der Waals surface area contributed by atoms with Crippen LogP contribution in [0.5, 0.6) is 0 Å². The van der Waals surface area contributed by atoms with Crippen LogP contribution in [-0.4, -0.2) is 7.25 Å². The lowest BCUT2D eigenvalue weighted by Gasteiger charge is -1.94. The minimum absolute atomic E-state index is 0. The first kappa shape index (κ1) is 12.7. The summed E-state index contributed by atoms with van der Waals surface area (Å²) in [4.78, 5) is 2.95. The zero-order valence-corrected chi connectivity index (χ0v) is 7.43. The van der Waals surface area contributed by atoms with E-state index in [1.807, 2.05) is 0 Å². The second-order valence-electron chi connectivity index (χ2n) is 2.07. The molecule has 0 heterocycles. The van der Waals surface area contributed by atoms with Gasteiger partial charge in [0.1, 0.15) is 0 Å². The third kappa shape index (κ3) is 8.81. The predicted octanol–water partition coefficient (Wildman–Crippen LogP) is 4.24. The van der Waals surface area contributed by atoms with Gasteiger partial charge in [-0.15, -0.1) is 0 Å². The van der Waals surface area contributed by atoms with Crippen LogP contribution in [0.4, 0.5) is 23.0 Å². The number of nitrogens with zero attached hydrogens (tertiary/aromatic N) is 2. The molecule has 76 valence electrons. The van der Waals surface area contributed by atoms with Crippen molar-refractivity contribution in [3.05, 3.63) is 34.3 Å². The topological polar surface area (TPSA) is 28.1 Å². The van der Waals surface area contributed by atoms with E-state index in [-0.39, 0.29) is 1.43 Å². The van der Waals surface area contributed by atoms with Crippen molar-refractivity contribution in [3.8, 4) is 0 Å². The maximum atomic E-state index is 9.75. The van der Waals surface area contributed by atoms with Crippen LogP contribution in [0.1, 0.15) is 1.43 Å². The second kappa shape index (κ2) is 5.45. The average molecular weight is 227 g/mol. The summed E-state index contributed by atoms with van der Waals surface area (Å²) >= 11 is 5.55. The fourth-order valence-electron chi connectivity index (χ4n) is 0.538. The molecule has 0 aromatic heterocycles. The van der Waals surface area contributed by atoms with Gasteiger partial charge < -0.3 is 17.3 Å². The van der Waals surface area contributed by atoms with Gasteiger partial charge in [-0.3, -0.25) is 0 Å². The lowest BCUT2D eigenvalue weighted by molar-refractivity contribution is 0.368. The largest absolute Gasteiger partial charge is 1.00 e. The molecule has 0 saturated carbocycles. The van der Waals surface area contributed by atoms with E-state index in [1.54, 1.807) is 24.3 Å². The molecule has 8 heteroatoms. The molecule has 1 rings (SSSR count). The Morgan fingerprint density at radius 3 is 2.07 bits per heavy atom. The van der Waals surface area contributed by atoms with Crippen LogP contribution in [0.3, 0.4) is 0 Å². The lowest BCUT2D eigenvalue weighted by atomic mass is 10.3. The van der Waals surface area contributed by atoms with Crippen LogP contribution in [0.25, 0.3) is 4.98 Å². The minimum Gasteiger partial charge on any atom is -0.418 e. The molecule has 1 aromatic carbocycles. The van der Waals surface area contributed by atoms with E-state index in [1.165, 1.54) is 0 Å². The Bertz CT molecular complexity index is 335. The third-order valence-corrected chi connectivity index (χ3v) is 1.16. The summed E-state index contributed by atoms with van der Waals surface area (Å²) in [5.74, 6) is 0. The van der Waals surface area contributed by atoms with Crippen molar-refractivity contribution < 1.29 is 18.7 Å². The van der Waals surface area contributed by atoms with Gasteiger partial charge in [0.15, 0.2) is 4.98 Å². The Balaban J connectivity index is 0. The van der Waals surface area contributed by atoms with Crippen LogP contribution in [0, 0.1) is 5.39 Å². The molecule has 0 unspecified atom stereocenters. The smallest absolute Gasteiger partial charge is 0.418 e. The summed E-state index contributed by atoms with van der Waals surface area (Å²) in [7, 11) is -6.00. The van der Waals surface area contributed by atoms with Gasteiger partial charge in [-0.2, -0.15) is 0 Å². The van der Waals surface area contributed by atoms with Crippen molar-refractivity contribution in [1.29, 1.82) is 5.39 Å². The first-order valence-corrected chi connectivity index (χ1v) is 3.68. The van der Waals surface area contributed by atoms with E-state index in [2.05, 4.69) is 4.98 Å². The molecule has 0 atom stereocenters. The molecule has 0 bridgehead atoms. The monoisotopic (exact) mass is 227 g/mol. The van der Waals surface area contributed by atoms with Crippen molar-refractivity contribution in [2.24, 2.45) is 0 Å². The molecular formula is C6H5BClF4N2+. The van der Waals surface area contributed by atoms with E-state index in [9.17, 15) is 17.3 Å². The Kier molecular flexibility index (Phi) is 4.95. The summed E-state index contributed by atoms with van der Waals surface area (Å²) in [6.07, 6.45) is 0. The van der Waals surface area contributed by atoms with Crippen LogP contribution in [-0.2, 0) is 0 Å². The van der Waals surface area contributed by atoms with Crippen molar-refractivity contribution >= 4 is 24.5 Å². The van der Waals surface area contributed by atoms with E-state index < -0.39 is 7.25 Å². The molecule has 0 N–H and O–H groups in total. The van der Waals surface area contributed by atoms with Crippen molar-refractivity contribution in [3.63, 3.8) is 0 Å². The standard InChI is InChI=1S/C6H4ClN2.BF4/c7-5-2-1-3-6(4-5)9-8;2-1(3,4)5/h1-4H;/q+1;-1/p+1. The van der Waals surface area contributed by atoms with E-state index >= 15 is 0 Å². The SMILES string of the molecule is F[B-](F)(F)F.N#[N+]c1cccc(Cl)c1.[H+]. The molecule has 0 spiro atoms. The normalized spacial score (nSPS) is 9.71. The van der Waals surface area contributed by atoms with Crippen molar-refractivity contribution in [1.82, 2.24) is 0 Å². The molecule has 0 aliphatic carbocycles. The van der Waals surface area contributed by atoms with Gasteiger partial charge >= 0.3 is 14.4 Å². The Morgan fingerprint density at radius 2 is 1.79 bits per heavy atom. The van der Waals surface area contributed by atoms with Crippen LogP contribution < -0.4 is 0 Å². The van der Waals surface area contributed by atoms with Crippen LogP contribution in [0.15, 0.2) is 24.3 Å². The van der Waals surface area contributed by atoms with Gasteiger partial charge in [0.2, 0.25) is 5.39 Å². The highest BCUT2D eigenvalue weighted by molar-refractivity contribution is 6.50. The van der Waals surface area contributed by atoms with Gasteiger partial charge in [-0.05, 0) is 6.07 Å². The highest BCUT2D eigenvalue weighted by Gasteiger charge is 2.20. The molecule has 2 nitrogen and oxygen atoms in total. The summed E-state index contributed by atoms with van der Waals surface area (Å²) in [6, 6.07) is 6.67. The van der Waals surface area contributed by atoms with Gasteiger partial charge in [0, 0.05) is 11.1 Å². The zero-order valence-electron chi connectivity index (χ0n) is 7.67. The Labute approximate surface area is 83.7 Å². The van der Waals surface area contributed by atoms with Crippen LogP contribution >= 0.6 is 11.6 Å². The maximum Gasteiger partial charge on any atom is 1.00 e. The number of benzene rings is 1. The van der Waals surface area contributed by atoms with Gasteiger partial charge in [-0.25, -0.2) is 0 Å². The molecule has 0 saturated heterocycles. The fourth-order valence-corrected chi connectivity index (χ4v) is 0.723. The van der Waals surface area contributed by atoms with E-state index in [4.69, 9.17) is 17.0 Å². The highest BCUT2D eigenvalue weighted by Crippen LogP contribution is 2.16. The van der Waals surface area contributed by atoms with E-state index in [0.29, 0.717) is 10.7 Å². The molecule has 0 aliphatic rings. The van der Waals surface area contributed by atoms with Crippen molar-refractivity contribution in [2.45, 2.75) is 0 Å². The molecule has 0 fully saturated rings. The number of hydrogen-bond donors (Lipinski definition) is 0. The average Bonchev–Trinajstić information content (AvgIpc) is 2.01. The molecule has 0 radical (unpaired) electrons. The van der Waals surface area contributed by atoms with Crippen molar-refractivity contribution in [2.75, 3.05) is 0 Å². The summed E-state index contributed by atoms with van der Waals surface area (Å²) in [6.45, 7) is 0. The molecule has 14 heavy (non-hydrogen) atoms. The summed E-state index contributed by atoms with van der Waals surface area (Å²) in [5.41, 5.74) is 0.475. The number of halogens is 5. The quantitative estimate of drug-likeness (QED) is 0.370. The summed E-state index contributed by atoms with van der Waals surface area (Å²) < 4.78 is 39.0. The van der Waals surface area contributed by atoms with Gasteiger partial charge in [0.25, 0.3) is 0 Å². The van der Waals surface area contributed by atoms with Gasteiger partial charge in [-0.1, -0.05) is 17.7 Å². The number of hydrogen-bond acceptors (Lipinski definition) is 1. The number of rotatable bonds is 0. The highest BCUT2D eigenvalue weighted by atomic mass is 35.5. The Morgan fingerprint density at radius 1 is 1.29 bits per heavy atom. The molecule has 0 aliphatic heterocycles. The van der Waals surface area contributed by atoms with E-state index in [0.717, 1.165) is 0 Å². The first-order chi connectivity index (χ1) is 6.33. The first-order valence-electron chi connectivity index (χ1n) is 3.31. The molecule has 1 aromatic rings. The van der Waals surface area contributed by atoms with Crippen LogP contribution in [0.2, 0.25) is 5.02 Å². The zero-order chi connectivity index (χ0) is 11.2. The number of diazo groups is 1. The molecule has 0 amide bonds. The maximum absolute atomic E-state index is 9.75. The van der Waals surface area contributed by atoms with Gasteiger partial charge in [0.05, 0.1) is 6.07 Å². The lowest BCUT2D eigenvalue weighted by Crippen LogP contribution is -2.02. The predicted molar refractivity (Wildman–Crippen MR) is 47.5 cm³/mol. The Hall–Kier alpha value is -1.29. The summed E-state index contributed by atoms with van der Waals surface area (Å²) in [5, 5.41) is 8.80. The second-order valence-corrected chi connectivity index (χ2v) is 2.51. The fraction of sp³-hybridized carbons (Fsp3) is 0. The minimum atomic E-state index is -6.00.